The van der Waals surface area contributed by atoms with Gasteiger partial charge in [0.25, 0.3) is 0 Å². The zero-order chi connectivity index (χ0) is 9.98. The molecule has 0 radical (unpaired) electrons. The molecule has 0 aliphatic carbocycles. The Morgan fingerprint density at radius 2 is 1.75 bits per heavy atom. The van der Waals surface area contributed by atoms with Crippen molar-refractivity contribution >= 4 is 11.8 Å². The van der Waals surface area contributed by atoms with Crippen LogP contribution in [-0.4, -0.2) is 6.26 Å². The first-order valence-corrected chi connectivity index (χ1v) is 5.86. The number of allylic oxidation sites excluding steroid dienone is 3. The van der Waals surface area contributed by atoms with E-state index in [0.29, 0.717) is 5.92 Å². The first-order valence-electron chi connectivity index (χ1n) is 4.58. The summed E-state index contributed by atoms with van der Waals surface area (Å²) in [6.45, 7) is 10.5. The van der Waals surface area contributed by atoms with Crippen molar-refractivity contribution in [2.75, 3.05) is 6.26 Å². The summed E-state index contributed by atoms with van der Waals surface area (Å²) >= 11 is 1.76. The van der Waals surface area contributed by atoms with Gasteiger partial charge >= 0.3 is 0 Å². The second-order valence-electron chi connectivity index (χ2n) is 2.51. The molecule has 0 rings (SSSR count). The van der Waals surface area contributed by atoms with E-state index in [1.807, 2.05) is 13.8 Å². The van der Waals surface area contributed by atoms with Gasteiger partial charge in [-0.25, -0.2) is 0 Å². The van der Waals surface area contributed by atoms with Crippen LogP contribution in [0.25, 0.3) is 0 Å². The zero-order valence-corrected chi connectivity index (χ0v) is 10.0. The molecule has 0 aromatic rings. The Kier molecular flexibility index (Phi) is 13.0. The highest BCUT2D eigenvalue weighted by Gasteiger charge is 1.95. The van der Waals surface area contributed by atoms with Gasteiger partial charge in [-0.3, -0.25) is 0 Å². The maximum atomic E-state index is 2.21. The molecule has 0 aromatic carbocycles. The molecular weight excluding hydrogens is 164 g/mol. The SMILES string of the molecule is C/C=C/C(=C\SC)C(C)C.CC. The first-order chi connectivity index (χ1) is 5.72. The highest BCUT2D eigenvalue weighted by atomic mass is 32.2. The fourth-order valence-electron chi connectivity index (χ4n) is 0.696. The molecule has 0 unspecified atom stereocenters. The van der Waals surface area contributed by atoms with Crippen molar-refractivity contribution in [3.05, 3.63) is 23.1 Å². The third-order valence-corrected chi connectivity index (χ3v) is 1.79. The summed E-state index contributed by atoms with van der Waals surface area (Å²) in [5.41, 5.74) is 1.41. The van der Waals surface area contributed by atoms with Crippen LogP contribution in [0.4, 0.5) is 0 Å². The minimum Gasteiger partial charge on any atom is -0.137 e. The number of thioether (sulfide) groups is 1. The monoisotopic (exact) mass is 186 g/mol. The molecule has 0 saturated carbocycles. The fraction of sp³-hybridized carbons (Fsp3) is 0.636. The van der Waals surface area contributed by atoms with E-state index in [2.05, 4.69) is 44.6 Å². The summed E-state index contributed by atoms with van der Waals surface area (Å²) in [6, 6.07) is 0. The quantitative estimate of drug-likeness (QED) is 0.585. The normalized spacial score (nSPS) is 11.8. The van der Waals surface area contributed by atoms with E-state index < -0.39 is 0 Å². The molecular formula is C11H22S. The van der Waals surface area contributed by atoms with E-state index in [-0.39, 0.29) is 0 Å². The molecule has 0 aromatic heterocycles. The largest absolute Gasteiger partial charge is 0.137 e. The molecule has 12 heavy (non-hydrogen) atoms. The Balaban J connectivity index is 0. The van der Waals surface area contributed by atoms with Crippen LogP contribution in [-0.2, 0) is 0 Å². The van der Waals surface area contributed by atoms with Crippen LogP contribution in [0.5, 0.6) is 0 Å². The lowest BCUT2D eigenvalue weighted by Gasteiger charge is -2.03. The Morgan fingerprint density at radius 3 is 2.00 bits per heavy atom. The zero-order valence-electron chi connectivity index (χ0n) is 9.22. The van der Waals surface area contributed by atoms with Crippen LogP contribution >= 0.6 is 11.8 Å². The van der Waals surface area contributed by atoms with Crippen molar-refractivity contribution in [3.8, 4) is 0 Å². The minimum atomic E-state index is 0.642. The maximum absolute atomic E-state index is 2.21. The summed E-state index contributed by atoms with van der Waals surface area (Å²) in [7, 11) is 0. The van der Waals surface area contributed by atoms with E-state index in [9.17, 15) is 0 Å². The van der Waals surface area contributed by atoms with E-state index in [0.717, 1.165) is 0 Å². The summed E-state index contributed by atoms with van der Waals surface area (Å²) < 4.78 is 0. The van der Waals surface area contributed by atoms with Crippen LogP contribution in [0, 0.1) is 5.92 Å². The summed E-state index contributed by atoms with van der Waals surface area (Å²) in [5.74, 6) is 0.642. The topological polar surface area (TPSA) is 0 Å². The van der Waals surface area contributed by atoms with Crippen molar-refractivity contribution in [1.29, 1.82) is 0 Å². The Hall–Kier alpha value is -0.170. The Bertz CT molecular complexity index is 132. The van der Waals surface area contributed by atoms with Crippen LogP contribution in [0.2, 0.25) is 0 Å². The summed E-state index contributed by atoms with van der Waals surface area (Å²) in [6.07, 6.45) is 6.34. The lowest BCUT2D eigenvalue weighted by Crippen LogP contribution is -1.88. The lowest BCUT2D eigenvalue weighted by molar-refractivity contribution is 0.794. The molecule has 0 nitrogen and oxygen atoms in total. The van der Waals surface area contributed by atoms with Crippen LogP contribution < -0.4 is 0 Å². The van der Waals surface area contributed by atoms with Crippen LogP contribution in [0.15, 0.2) is 23.1 Å². The minimum absolute atomic E-state index is 0.642. The van der Waals surface area contributed by atoms with Gasteiger partial charge in [-0.05, 0) is 30.1 Å². The van der Waals surface area contributed by atoms with Gasteiger partial charge in [0.2, 0.25) is 0 Å². The van der Waals surface area contributed by atoms with Crippen molar-refractivity contribution < 1.29 is 0 Å². The smallest absolute Gasteiger partial charge is 0.0142 e. The third-order valence-electron chi connectivity index (χ3n) is 1.28. The first kappa shape index (κ1) is 14.4. The fourth-order valence-corrected chi connectivity index (χ4v) is 1.32. The molecule has 72 valence electrons. The lowest BCUT2D eigenvalue weighted by atomic mass is 10.1. The van der Waals surface area contributed by atoms with Gasteiger partial charge in [0.1, 0.15) is 0 Å². The van der Waals surface area contributed by atoms with Crippen molar-refractivity contribution in [2.45, 2.75) is 34.6 Å². The number of hydrogen-bond donors (Lipinski definition) is 0. The van der Waals surface area contributed by atoms with Crippen molar-refractivity contribution in [1.82, 2.24) is 0 Å². The molecule has 0 bridgehead atoms. The van der Waals surface area contributed by atoms with Gasteiger partial charge in [-0.2, -0.15) is 0 Å². The Labute approximate surface area is 82.1 Å². The molecule has 0 saturated heterocycles. The molecule has 0 heterocycles. The van der Waals surface area contributed by atoms with E-state index in [1.165, 1.54) is 5.57 Å². The highest BCUT2D eigenvalue weighted by Crippen LogP contribution is 2.14. The van der Waals surface area contributed by atoms with Gasteiger partial charge < -0.3 is 0 Å². The van der Waals surface area contributed by atoms with Gasteiger partial charge in [-0.1, -0.05) is 39.8 Å². The molecule has 0 aliphatic rings. The highest BCUT2D eigenvalue weighted by molar-refractivity contribution is 8.01. The molecule has 0 atom stereocenters. The molecule has 0 N–H and O–H groups in total. The predicted molar refractivity (Wildman–Crippen MR) is 62.6 cm³/mol. The van der Waals surface area contributed by atoms with Gasteiger partial charge in [-0.15, -0.1) is 11.8 Å². The van der Waals surface area contributed by atoms with Gasteiger partial charge in [0.15, 0.2) is 0 Å². The van der Waals surface area contributed by atoms with Gasteiger partial charge in [0, 0.05) is 0 Å². The molecule has 1 heteroatoms. The molecule has 0 aliphatic heterocycles. The van der Waals surface area contributed by atoms with E-state index in [4.69, 9.17) is 0 Å². The molecule has 0 fully saturated rings. The summed E-state index contributed by atoms with van der Waals surface area (Å²) in [4.78, 5) is 0. The van der Waals surface area contributed by atoms with E-state index >= 15 is 0 Å². The van der Waals surface area contributed by atoms with Crippen molar-refractivity contribution in [2.24, 2.45) is 5.92 Å². The van der Waals surface area contributed by atoms with Crippen LogP contribution in [0.1, 0.15) is 34.6 Å². The molecule has 0 spiro atoms. The third kappa shape index (κ3) is 7.93. The average molecular weight is 186 g/mol. The van der Waals surface area contributed by atoms with E-state index in [1.54, 1.807) is 11.8 Å². The summed E-state index contributed by atoms with van der Waals surface area (Å²) in [5, 5.41) is 2.20. The average Bonchev–Trinajstić information content (AvgIpc) is 2.08. The van der Waals surface area contributed by atoms with Crippen molar-refractivity contribution in [3.63, 3.8) is 0 Å². The van der Waals surface area contributed by atoms with Gasteiger partial charge in [0.05, 0.1) is 0 Å². The maximum Gasteiger partial charge on any atom is -0.0142 e. The predicted octanol–water partition coefficient (Wildman–Crippen LogP) is 4.49. The number of rotatable bonds is 3. The standard InChI is InChI=1S/C9H16S.C2H6/c1-5-6-9(7-10-4)8(2)3;1-2/h5-8H,1-4H3;1-2H3/b6-5+,9-7+;. The second kappa shape index (κ2) is 10.8. The molecule has 0 amide bonds. The number of hydrogen-bond acceptors (Lipinski definition) is 1. The Morgan fingerprint density at radius 1 is 1.25 bits per heavy atom. The van der Waals surface area contributed by atoms with Crippen LogP contribution in [0.3, 0.4) is 0 Å². The second-order valence-corrected chi connectivity index (χ2v) is 3.22.